The van der Waals surface area contributed by atoms with E-state index in [0.717, 1.165) is 37.6 Å². The first kappa shape index (κ1) is 19.2. The van der Waals surface area contributed by atoms with Crippen LogP contribution >= 0.6 is 0 Å². The molecule has 150 valence electrons. The number of hydrogen-bond donors (Lipinski definition) is 1. The summed E-state index contributed by atoms with van der Waals surface area (Å²) in [4.78, 5) is 19.6. The van der Waals surface area contributed by atoms with Crippen LogP contribution < -0.4 is 0 Å². The number of H-pyrrole nitrogens is 1. The number of benzene rings is 1. The molecule has 0 spiro atoms. The molecule has 0 unspecified atom stereocenters. The lowest BCUT2D eigenvalue weighted by Crippen LogP contribution is -2.40. The molecule has 28 heavy (non-hydrogen) atoms. The molecule has 1 N–H and O–H groups in total. The van der Waals surface area contributed by atoms with Crippen molar-refractivity contribution in [2.24, 2.45) is 11.8 Å². The maximum atomic E-state index is 13.0. The van der Waals surface area contributed by atoms with Gasteiger partial charge in [-0.1, -0.05) is 24.3 Å². The van der Waals surface area contributed by atoms with E-state index in [1.165, 1.54) is 11.1 Å². The smallest absolute Gasteiger partial charge is 0.237 e. The van der Waals surface area contributed by atoms with Gasteiger partial charge in [-0.25, -0.2) is 0 Å². The number of carbonyl (C=O) groups is 1. The minimum atomic E-state index is 0.171. The van der Waals surface area contributed by atoms with E-state index in [1.807, 2.05) is 25.9 Å². The van der Waals surface area contributed by atoms with Crippen molar-refractivity contribution in [2.45, 2.75) is 26.4 Å². The van der Waals surface area contributed by atoms with Crippen LogP contribution in [0.15, 0.2) is 30.3 Å². The lowest BCUT2D eigenvalue weighted by atomic mass is 9.87. The molecule has 6 heteroatoms. The van der Waals surface area contributed by atoms with Crippen molar-refractivity contribution in [3.05, 3.63) is 52.8 Å². The minimum Gasteiger partial charge on any atom is -0.334 e. The Morgan fingerprint density at radius 1 is 1.21 bits per heavy atom. The maximum Gasteiger partial charge on any atom is 0.237 e. The van der Waals surface area contributed by atoms with Gasteiger partial charge in [0.15, 0.2) is 0 Å². The predicted molar refractivity (Wildman–Crippen MR) is 110 cm³/mol. The number of aryl methyl sites for hydroxylation is 2. The van der Waals surface area contributed by atoms with Crippen LogP contribution in [0.3, 0.4) is 0 Å². The zero-order valence-corrected chi connectivity index (χ0v) is 17.4. The molecule has 1 amide bonds. The van der Waals surface area contributed by atoms with E-state index >= 15 is 0 Å². The van der Waals surface area contributed by atoms with Gasteiger partial charge in [0.05, 0.1) is 18.3 Å². The zero-order chi connectivity index (χ0) is 19.8. The highest BCUT2D eigenvalue weighted by Crippen LogP contribution is 2.46. The fourth-order valence-corrected chi connectivity index (χ4v) is 4.99. The van der Waals surface area contributed by atoms with E-state index in [0.29, 0.717) is 18.4 Å². The van der Waals surface area contributed by atoms with Crippen molar-refractivity contribution in [1.82, 2.24) is 24.9 Å². The Morgan fingerprint density at radius 3 is 2.68 bits per heavy atom. The molecule has 0 saturated carbocycles. The molecule has 4 rings (SSSR count). The van der Waals surface area contributed by atoms with Crippen LogP contribution in [0.25, 0.3) is 0 Å². The lowest BCUT2D eigenvalue weighted by molar-refractivity contribution is -0.133. The quantitative estimate of drug-likeness (QED) is 0.863. The summed E-state index contributed by atoms with van der Waals surface area (Å²) in [5.74, 6) is 1.24. The van der Waals surface area contributed by atoms with Gasteiger partial charge in [-0.3, -0.25) is 14.8 Å². The minimum absolute atomic E-state index is 0.171. The molecule has 2 fully saturated rings. The van der Waals surface area contributed by atoms with Crippen LogP contribution in [-0.2, 0) is 11.3 Å². The second kappa shape index (κ2) is 7.68. The summed E-state index contributed by atoms with van der Waals surface area (Å²) < 4.78 is 0. The highest BCUT2D eigenvalue weighted by molar-refractivity contribution is 5.79. The third kappa shape index (κ3) is 3.71. The Labute approximate surface area is 167 Å². The van der Waals surface area contributed by atoms with Crippen LogP contribution in [0.1, 0.15) is 28.6 Å². The third-order valence-corrected chi connectivity index (χ3v) is 6.16. The standard InChI is InChI=1S/C22H31N5O/c1-15-7-5-6-8-19(15)22-20-13-26(12-18-9-16(2)23-24-18)10-17(20)11-27(22)21(28)14-25(3)4/h5-9,17,20,22H,10-14H2,1-4H3,(H,23,24)/t17-,20-,22+/m1/s1. The topological polar surface area (TPSA) is 55.5 Å². The van der Waals surface area contributed by atoms with Crippen molar-refractivity contribution in [3.8, 4) is 0 Å². The first-order valence-electron chi connectivity index (χ1n) is 10.2. The first-order valence-corrected chi connectivity index (χ1v) is 10.2. The van der Waals surface area contributed by atoms with Crippen LogP contribution in [0.2, 0.25) is 0 Å². The maximum absolute atomic E-state index is 13.0. The van der Waals surface area contributed by atoms with Gasteiger partial charge in [0.1, 0.15) is 0 Å². The second-order valence-electron chi connectivity index (χ2n) is 8.75. The van der Waals surface area contributed by atoms with E-state index in [1.54, 1.807) is 0 Å². The highest BCUT2D eigenvalue weighted by Gasteiger charge is 2.49. The molecule has 0 aliphatic carbocycles. The summed E-state index contributed by atoms with van der Waals surface area (Å²) in [5, 5.41) is 7.44. The van der Waals surface area contributed by atoms with Crippen LogP contribution in [0, 0.1) is 25.7 Å². The molecule has 6 nitrogen and oxygen atoms in total. The molecular weight excluding hydrogens is 350 g/mol. The predicted octanol–water partition coefficient (Wildman–Crippen LogP) is 2.22. The van der Waals surface area contributed by atoms with Gasteiger partial charge < -0.3 is 9.80 Å². The Bertz CT molecular complexity index is 845. The summed E-state index contributed by atoms with van der Waals surface area (Å²) in [5.41, 5.74) is 4.79. The SMILES string of the molecule is Cc1cc(CN2C[C@@H]3CN(C(=O)CN(C)C)[C@@H](c4ccccc4C)[C@@H]3C2)n[nH]1. The average Bonchev–Trinajstić information content (AvgIpc) is 3.29. The molecule has 1 aromatic carbocycles. The largest absolute Gasteiger partial charge is 0.334 e. The van der Waals surface area contributed by atoms with Crippen LogP contribution in [0.5, 0.6) is 0 Å². The number of aromatic amines is 1. The Hall–Kier alpha value is -2.18. The molecule has 2 aliphatic rings. The number of likely N-dealkylation sites (N-methyl/N-ethyl adjacent to an activating group) is 1. The van der Waals surface area contributed by atoms with Gasteiger partial charge in [0.2, 0.25) is 5.91 Å². The number of fused-ring (bicyclic) bond motifs is 1. The van der Waals surface area contributed by atoms with Crippen LogP contribution in [-0.4, -0.2) is 71.1 Å². The molecule has 2 saturated heterocycles. The van der Waals surface area contributed by atoms with Crippen molar-refractivity contribution in [2.75, 3.05) is 40.3 Å². The third-order valence-electron chi connectivity index (χ3n) is 6.16. The van der Waals surface area contributed by atoms with Gasteiger partial charge in [-0.05, 0) is 51.1 Å². The van der Waals surface area contributed by atoms with Gasteiger partial charge in [-0.2, -0.15) is 5.10 Å². The molecule has 3 heterocycles. The summed E-state index contributed by atoms with van der Waals surface area (Å²) >= 11 is 0. The van der Waals surface area contributed by atoms with Gasteiger partial charge in [-0.15, -0.1) is 0 Å². The summed E-state index contributed by atoms with van der Waals surface area (Å²) in [6.07, 6.45) is 0. The van der Waals surface area contributed by atoms with Crippen molar-refractivity contribution >= 4 is 5.91 Å². The Balaban J connectivity index is 1.57. The summed E-state index contributed by atoms with van der Waals surface area (Å²) in [6, 6.07) is 10.8. The first-order chi connectivity index (χ1) is 13.4. The number of likely N-dealkylation sites (tertiary alicyclic amines) is 2. The Kier molecular flexibility index (Phi) is 5.25. The normalized spacial score (nSPS) is 24.9. The van der Waals surface area contributed by atoms with Gasteiger partial charge >= 0.3 is 0 Å². The van der Waals surface area contributed by atoms with E-state index < -0.39 is 0 Å². The molecule has 0 radical (unpaired) electrons. The van der Waals surface area contributed by atoms with Gasteiger partial charge in [0, 0.05) is 37.8 Å². The molecular formula is C22H31N5O. The highest BCUT2D eigenvalue weighted by atomic mass is 16.2. The molecule has 2 aromatic rings. The molecule has 2 aliphatic heterocycles. The summed E-state index contributed by atoms with van der Waals surface area (Å²) in [6.45, 7) is 8.45. The van der Waals surface area contributed by atoms with E-state index in [4.69, 9.17) is 0 Å². The van der Waals surface area contributed by atoms with E-state index in [-0.39, 0.29) is 11.9 Å². The van der Waals surface area contributed by atoms with E-state index in [9.17, 15) is 4.79 Å². The molecule has 3 atom stereocenters. The van der Waals surface area contributed by atoms with Crippen molar-refractivity contribution in [3.63, 3.8) is 0 Å². The zero-order valence-electron chi connectivity index (χ0n) is 17.4. The molecule has 1 aromatic heterocycles. The van der Waals surface area contributed by atoms with Gasteiger partial charge in [0.25, 0.3) is 0 Å². The molecule has 0 bridgehead atoms. The lowest BCUT2D eigenvalue weighted by Gasteiger charge is -2.31. The van der Waals surface area contributed by atoms with Crippen LogP contribution in [0.4, 0.5) is 0 Å². The number of nitrogens with zero attached hydrogens (tertiary/aromatic N) is 4. The number of nitrogens with one attached hydrogen (secondary N) is 1. The number of carbonyl (C=O) groups excluding carboxylic acids is 1. The summed E-state index contributed by atoms with van der Waals surface area (Å²) in [7, 11) is 3.93. The van der Waals surface area contributed by atoms with Crippen molar-refractivity contribution in [1.29, 1.82) is 0 Å². The van der Waals surface area contributed by atoms with Crippen molar-refractivity contribution < 1.29 is 4.79 Å². The van der Waals surface area contributed by atoms with E-state index in [2.05, 4.69) is 57.3 Å². The fourth-order valence-electron chi connectivity index (χ4n) is 4.99. The second-order valence-corrected chi connectivity index (χ2v) is 8.75. The number of hydrogen-bond acceptors (Lipinski definition) is 4. The number of amides is 1. The number of rotatable bonds is 5. The number of aromatic nitrogens is 2. The Morgan fingerprint density at radius 2 is 2.00 bits per heavy atom. The average molecular weight is 382 g/mol. The monoisotopic (exact) mass is 381 g/mol. The fraction of sp³-hybridized carbons (Fsp3) is 0.545.